The molecule has 18 heavy (non-hydrogen) atoms. The number of hydrogen-bond acceptors (Lipinski definition) is 3. The molecule has 0 saturated heterocycles. The van der Waals surface area contributed by atoms with Gasteiger partial charge < -0.3 is 10.1 Å². The molecule has 0 saturated carbocycles. The molecule has 0 rings (SSSR count). The van der Waals surface area contributed by atoms with Crippen LogP contribution >= 0.6 is 0 Å². The van der Waals surface area contributed by atoms with E-state index in [4.69, 9.17) is 0 Å². The molecule has 0 atom stereocenters. The minimum Gasteiger partial charge on any atom is -0.469 e. The van der Waals surface area contributed by atoms with Crippen molar-refractivity contribution in [1.29, 1.82) is 0 Å². The Labute approximate surface area is 110 Å². The highest BCUT2D eigenvalue weighted by atomic mass is 16.5. The van der Waals surface area contributed by atoms with E-state index in [1.165, 1.54) is 20.0 Å². The van der Waals surface area contributed by atoms with Crippen LogP contribution in [0.25, 0.3) is 0 Å². The summed E-state index contributed by atoms with van der Waals surface area (Å²) < 4.78 is 4.55. The molecule has 0 heterocycles. The summed E-state index contributed by atoms with van der Waals surface area (Å²) in [5, 5.41) is 2.91. The van der Waals surface area contributed by atoms with E-state index < -0.39 is 0 Å². The maximum Gasteiger partial charge on any atom is 0.305 e. The van der Waals surface area contributed by atoms with E-state index in [-0.39, 0.29) is 11.9 Å². The van der Waals surface area contributed by atoms with Crippen LogP contribution in [-0.4, -0.2) is 25.5 Å². The molecule has 0 aliphatic rings. The Hall–Kier alpha value is -1.06. The topological polar surface area (TPSA) is 55.4 Å². The molecule has 1 N–H and O–H groups in total. The Morgan fingerprint density at radius 1 is 0.944 bits per heavy atom. The van der Waals surface area contributed by atoms with Crippen molar-refractivity contribution in [3.63, 3.8) is 0 Å². The SMILES string of the molecule is CCCCCCC(=O)NCCCCCC(=O)OC. The van der Waals surface area contributed by atoms with Crippen LogP contribution < -0.4 is 5.32 Å². The third-order valence-electron chi connectivity index (χ3n) is 2.86. The van der Waals surface area contributed by atoms with Crippen LogP contribution in [0.3, 0.4) is 0 Å². The summed E-state index contributed by atoms with van der Waals surface area (Å²) in [5.74, 6) is -0.00553. The van der Waals surface area contributed by atoms with Gasteiger partial charge in [-0.2, -0.15) is 0 Å². The molecule has 0 aromatic rings. The van der Waals surface area contributed by atoms with Gasteiger partial charge in [0.15, 0.2) is 0 Å². The van der Waals surface area contributed by atoms with Crippen LogP contribution in [0.15, 0.2) is 0 Å². The molecule has 0 fully saturated rings. The van der Waals surface area contributed by atoms with Crippen LogP contribution in [0.1, 0.15) is 64.7 Å². The van der Waals surface area contributed by atoms with E-state index in [0.717, 1.165) is 32.1 Å². The fraction of sp³-hybridized carbons (Fsp3) is 0.857. The number of rotatable bonds is 11. The summed E-state index contributed by atoms with van der Waals surface area (Å²) in [6.45, 7) is 2.88. The predicted molar refractivity (Wildman–Crippen MR) is 72.3 cm³/mol. The van der Waals surface area contributed by atoms with Gasteiger partial charge in [-0.1, -0.05) is 32.6 Å². The molecule has 0 aliphatic heterocycles. The molecular weight excluding hydrogens is 230 g/mol. The van der Waals surface area contributed by atoms with Crippen LogP contribution in [0.5, 0.6) is 0 Å². The van der Waals surface area contributed by atoms with Crippen molar-refractivity contribution in [2.24, 2.45) is 0 Å². The first-order chi connectivity index (χ1) is 8.70. The first kappa shape index (κ1) is 16.9. The maximum atomic E-state index is 11.4. The quantitative estimate of drug-likeness (QED) is 0.457. The third kappa shape index (κ3) is 11.4. The second kappa shape index (κ2) is 12.4. The lowest BCUT2D eigenvalue weighted by Crippen LogP contribution is -2.24. The molecule has 0 bridgehead atoms. The monoisotopic (exact) mass is 257 g/mol. The third-order valence-corrected chi connectivity index (χ3v) is 2.86. The number of ether oxygens (including phenoxy) is 1. The van der Waals surface area contributed by atoms with E-state index in [2.05, 4.69) is 17.0 Å². The van der Waals surface area contributed by atoms with Crippen molar-refractivity contribution in [2.75, 3.05) is 13.7 Å². The van der Waals surface area contributed by atoms with Gasteiger partial charge >= 0.3 is 5.97 Å². The van der Waals surface area contributed by atoms with Gasteiger partial charge in [0.25, 0.3) is 0 Å². The number of esters is 1. The number of methoxy groups -OCH3 is 1. The summed E-state index contributed by atoms with van der Waals surface area (Å²) in [6, 6.07) is 0. The molecule has 0 radical (unpaired) electrons. The fourth-order valence-electron chi connectivity index (χ4n) is 1.70. The smallest absolute Gasteiger partial charge is 0.305 e. The molecule has 0 aromatic heterocycles. The van der Waals surface area contributed by atoms with Crippen molar-refractivity contribution < 1.29 is 14.3 Å². The number of hydrogen-bond donors (Lipinski definition) is 1. The second-order valence-corrected chi connectivity index (χ2v) is 4.55. The van der Waals surface area contributed by atoms with Gasteiger partial charge in [-0.05, 0) is 19.3 Å². The normalized spacial score (nSPS) is 10.1. The molecular formula is C14H27NO3. The Balaban J connectivity index is 3.22. The van der Waals surface area contributed by atoms with E-state index in [9.17, 15) is 9.59 Å². The lowest BCUT2D eigenvalue weighted by Gasteiger charge is -2.05. The molecule has 4 heteroatoms. The second-order valence-electron chi connectivity index (χ2n) is 4.55. The van der Waals surface area contributed by atoms with Gasteiger partial charge in [0.05, 0.1) is 7.11 Å². The van der Waals surface area contributed by atoms with Crippen molar-refractivity contribution in [3.05, 3.63) is 0 Å². The highest BCUT2D eigenvalue weighted by Crippen LogP contribution is 2.03. The van der Waals surface area contributed by atoms with Crippen molar-refractivity contribution in [2.45, 2.75) is 64.7 Å². The molecule has 4 nitrogen and oxygen atoms in total. The van der Waals surface area contributed by atoms with E-state index in [0.29, 0.717) is 19.4 Å². The summed E-state index contributed by atoms with van der Waals surface area (Å²) in [4.78, 5) is 22.2. The van der Waals surface area contributed by atoms with E-state index in [1.807, 2.05) is 0 Å². The van der Waals surface area contributed by atoms with Crippen LogP contribution in [0.2, 0.25) is 0 Å². The standard InChI is InChI=1S/C14H27NO3/c1-3-4-5-7-10-13(16)15-12-9-6-8-11-14(17)18-2/h3-12H2,1-2H3,(H,15,16). The largest absolute Gasteiger partial charge is 0.469 e. The number of carbonyl (C=O) groups is 2. The number of unbranched alkanes of at least 4 members (excludes halogenated alkanes) is 5. The zero-order chi connectivity index (χ0) is 13.6. The number of carbonyl (C=O) groups excluding carboxylic acids is 2. The Morgan fingerprint density at radius 3 is 2.28 bits per heavy atom. The number of nitrogens with one attached hydrogen (secondary N) is 1. The minimum atomic E-state index is -0.157. The average Bonchev–Trinajstić information content (AvgIpc) is 2.38. The van der Waals surface area contributed by atoms with Gasteiger partial charge in [-0.3, -0.25) is 9.59 Å². The summed E-state index contributed by atoms with van der Waals surface area (Å²) >= 11 is 0. The lowest BCUT2D eigenvalue weighted by atomic mass is 10.1. The molecule has 106 valence electrons. The summed E-state index contributed by atoms with van der Waals surface area (Å²) in [7, 11) is 1.40. The van der Waals surface area contributed by atoms with Gasteiger partial charge in [-0.25, -0.2) is 0 Å². The first-order valence-corrected chi connectivity index (χ1v) is 7.04. The fourth-order valence-corrected chi connectivity index (χ4v) is 1.70. The van der Waals surface area contributed by atoms with Crippen LogP contribution in [0.4, 0.5) is 0 Å². The Bertz CT molecular complexity index is 229. The maximum absolute atomic E-state index is 11.4. The van der Waals surface area contributed by atoms with Gasteiger partial charge in [0, 0.05) is 19.4 Å². The predicted octanol–water partition coefficient (Wildman–Crippen LogP) is 2.81. The Morgan fingerprint density at radius 2 is 1.61 bits per heavy atom. The van der Waals surface area contributed by atoms with Crippen LogP contribution in [-0.2, 0) is 14.3 Å². The number of amides is 1. The highest BCUT2D eigenvalue weighted by Gasteiger charge is 2.01. The Kier molecular flexibility index (Phi) is 11.7. The van der Waals surface area contributed by atoms with Gasteiger partial charge in [0.2, 0.25) is 5.91 Å². The van der Waals surface area contributed by atoms with E-state index >= 15 is 0 Å². The van der Waals surface area contributed by atoms with Crippen LogP contribution in [0, 0.1) is 0 Å². The van der Waals surface area contributed by atoms with E-state index in [1.54, 1.807) is 0 Å². The van der Waals surface area contributed by atoms with Gasteiger partial charge in [0.1, 0.15) is 0 Å². The van der Waals surface area contributed by atoms with Crippen molar-refractivity contribution in [3.8, 4) is 0 Å². The molecule has 0 aliphatic carbocycles. The molecule has 0 aromatic carbocycles. The van der Waals surface area contributed by atoms with Crippen molar-refractivity contribution >= 4 is 11.9 Å². The molecule has 1 amide bonds. The highest BCUT2D eigenvalue weighted by molar-refractivity contribution is 5.75. The molecule has 0 spiro atoms. The van der Waals surface area contributed by atoms with Gasteiger partial charge in [-0.15, -0.1) is 0 Å². The summed E-state index contributed by atoms with van der Waals surface area (Å²) in [6.07, 6.45) is 8.36. The molecule has 0 unspecified atom stereocenters. The summed E-state index contributed by atoms with van der Waals surface area (Å²) in [5.41, 5.74) is 0. The zero-order valence-corrected chi connectivity index (χ0v) is 11.8. The minimum absolute atomic E-state index is 0.152. The van der Waals surface area contributed by atoms with Crippen molar-refractivity contribution in [1.82, 2.24) is 5.32 Å². The lowest BCUT2D eigenvalue weighted by molar-refractivity contribution is -0.140. The first-order valence-electron chi connectivity index (χ1n) is 7.04. The zero-order valence-electron chi connectivity index (χ0n) is 11.8. The average molecular weight is 257 g/mol.